The van der Waals surface area contributed by atoms with Gasteiger partial charge in [-0.15, -0.1) is 0 Å². The third kappa shape index (κ3) is 7.52. The standard InChI is InChI=1S/C11H11N3O4.C11H12N2O2.C9H12O4/c1-5(2)8-9-12-6(15)4-7(16)14(9)11(18)13(3)10(8)17;1-4-13-10(14)8(6-12)5-9(7(2)3)11(13)15;1-5(2)6-7(10)12-9(3,4)13-8(6)11/h4,15H,1-3H3;5H,4H2,1-3H3;1-4H3. The number of rotatable bonds is 1. The molecule has 4 heterocycles. The van der Waals surface area contributed by atoms with Gasteiger partial charge in [0.15, 0.2) is 5.65 Å². The normalized spacial score (nSPS) is 15.4. The van der Waals surface area contributed by atoms with Crippen LogP contribution in [0, 0.1) is 11.3 Å². The molecular weight excluding hydrogens is 602 g/mol. The highest BCUT2D eigenvalue weighted by molar-refractivity contribution is 6.17. The third-order valence-corrected chi connectivity index (χ3v) is 6.43. The summed E-state index contributed by atoms with van der Waals surface area (Å²) in [4.78, 5) is 86.2. The van der Waals surface area contributed by atoms with Crippen molar-refractivity contribution in [1.82, 2.24) is 18.9 Å². The highest BCUT2D eigenvalue weighted by atomic mass is 16.7. The zero-order valence-corrected chi connectivity index (χ0v) is 27.2. The Bertz CT molecular complexity index is 2000. The highest BCUT2D eigenvalue weighted by Gasteiger charge is 2.39. The van der Waals surface area contributed by atoms with Gasteiger partial charge >= 0.3 is 17.6 Å². The molecule has 244 valence electrons. The molecule has 0 atom stereocenters. The molecule has 1 fully saturated rings. The van der Waals surface area contributed by atoms with Gasteiger partial charge in [-0.25, -0.2) is 18.8 Å². The number of ether oxygens (including phenoxy) is 2. The molecular formula is C31H35N5O10. The van der Waals surface area contributed by atoms with Gasteiger partial charge in [-0.2, -0.15) is 10.2 Å². The Hall–Kier alpha value is -5.65. The second kappa shape index (κ2) is 14.0. The number of cyclic esters (lactones) is 2. The van der Waals surface area contributed by atoms with E-state index >= 15 is 0 Å². The number of hydrogen-bond donors (Lipinski definition) is 1. The van der Waals surface area contributed by atoms with Crippen LogP contribution in [0.15, 0.2) is 54.4 Å². The van der Waals surface area contributed by atoms with Crippen molar-refractivity contribution in [1.29, 1.82) is 5.26 Å². The van der Waals surface area contributed by atoms with Crippen LogP contribution in [-0.2, 0) is 35.7 Å². The fraction of sp³-hybridized carbons (Fsp3) is 0.387. The van der Waals surface area contributed by atoms with Crippen LogP contribution in [0.3, 0.4) is 0 Å². The van der Waals surface area contributed by atoms with E-state index in [1.54, 1.807) is 54.5 Å². The molecule has 2 aromatic heterocycles. The van der Waals surface area contributed by atoms with E-state index in [-0.39, 0.29) is 34.5 Å². The molecule has 4 rings (SSSR count). The van der Waals surface area contributed by atoms with Crippen LogP contribution in [0.4, 0.5) is 0 Å². The monoisotopic (exact) mass is 637 g/mol. The first kappa shape index (κ1) is 36.5. The number of carbonyl (C=O) groups is 4. The Morgan fingerprint density at radius 1 is 0.913 bits per heavy atom. The topological polar surface area (TPSA) is 207 Å². The van der Waals surface area contributed by atoms with Crippen LogP contribution >= 0.6 is 0 Å². The number of allylic oxidation sites excluding steroid dienone is 2. The quantitative estimate of drug-likeness (QED) is 0.198. The van der Waals surface area contributed by atoms with Crippen LogP contribution in [0.5, 0.6) is 5.88 Å². The van der Waals surface area contributed by atoms with Crippen molar-refractivity contribution < 1.29 is 33.8 Å². The predicted octanol–water partition coefficient (Wildman–Crippen LogP) is 0.689. The van der Waals surface area contributed by atoms with Gasteiger partial charge in [0.2, 0.25) is 5.88 Å². The average molecular weight is 638 g/mol. The van der Waals surface area contributed by atoms with Crippen molar-refractivity contribution in [2.75, 3.05) is 6.54 Å². The number of likely N-dealkylation sites (N-methyl/N-ethyl adjacent to an activating group) is 1. The van der Waals surface area contributed by atoms with E-state index in [9.17, 15) is 38.7 Å². The summed E-state index contributed by atoms with van der Waals surface area (Å²) in [6, 6.07) is 2.63. The summed E-state index contributed by atoms with van der Waals surface area (Å²) >= 11 is 0. The van der Waals surface area contributed by atoms with Gasteiger partial charge in [-0.3, -0.25) is 28.6 Å². The summed E-state index contributed by atoms with van der Waals surface area (Å²) in [6.45, 7) is 15.2. The molecule has 0 radical (unpaired) electrons. The maximum absolute atomic E-state index is 12.0. The Morgan fingerprint density at radius 3 is 1.89 bits per heavy atom. The summed E-state index contributed by atoms with van der Waals surface area (Å²) in [5.41, 5.74) is 0.304. The molecule has 0 aromatic carbocycles. The Labute approximate surface area is 263 Å². The maximum Gasteiger partial charge on any atom is 0.348 e. The van der Waals surface area contributed by atoms with E-state index in [2.05, 4.69) is 4.98 Å². The van der Waals surface area contributed by atoms with Crippen LogP contribution in [-0.4, -0.2) is 60.0 Å². The maximum atomic E-state index is 12.0. The molecule has 0 unspecified atom stereocenters. The Kier molecular flexibility index (Phi) is 11.1. The molecule has 46 heavy (non-hydrogen) atoms. The van der Waals surface area contributed by atoms with E-state index in [1.807, 2.05) is 0 Å². The van der Waals surface area contributed by atoms with Crippen molar-refractivity contribution in [3.63, 3.8) is 0 Å². The number of amides is 2. The molecule has 2 aromatic rings. The molecule has 0 bridgehead atoms. The van der Waals surface area contributed by atoms with E-state index in [0.717, 1.165) is 25.5 Å². The summed E-state index contributed by atoms with van der Waals surface area (Å²) in [7, 11) is 1.29. The van der Waals surface area contributed by atoms with Crippen molar-refractivity contribution in [2.24, 2.45) is 7.05 Å². The molecule has 1 saturated heterocycles. The van der Waals surface area contributed by atoms with Gasteiger partial charge in [0, 0.05) is 33.0 Å². The molecule has 2 aliphatic heterocycles. The van der Waals surface area contributed by atoms with Crippen LogP contribution in [0.1, 0.15) is 62.3 Å². The fourth-order valence-electron chi connectivity index (χ4n) is 4.20. The summed E-state index contributed by atoms with van der Waals surface area (Å²) in [5, 5.41) is 18.2. The fourth-order valence-corrected chi connectivity index (χ4v) is 4.20. The van der Waals surface area contributed by atoms with Crippen molar-refractivity contribution in [3.05, 3.63) is 76.4 Å². The minimum atomic E-state index is -1.15. The second-order valence-electron chi connectivity index (χ2n) is 11.1. The lowest BCUT2D eigenvalue weighted by atomic mass is 10.0. The predicted molar refractivity (Wildman–Crippen MR) is 164 cm³/mol. The number of hydrogen-bond acceptors (Lipinski definition) is 12. The zero-order chi connectivity index (χ0) is 35.4. The molecule has 0 saturated carbocycles. The van der Waals surface area contributed by atoms with E-state index in [4.69, 9.17) is 14.7 Å². The summed E-state index contributed by atoms with van der Waals surface area (Å²) in [6.07, 6.45) is 1.37. The second-order valence-corrected chi connectivity index (χ2v) is 11.1. The number of aromatic hydroxyl groups is 1. The molecule has 2 aliphatic rings. The molecule has 15 nitrogen and oxygen atoms in total. The number of aromatic nitrogens is 3. The number of nitrogens with zero attached hydrogens (tertiary/aromatic N) is 5. The first-order chi connectivity index (χ1) is 21.2. The minimum Gasteiger partial charge on any atom is -0.493 e. The van der Waals surface area contributed by atoms with Crippen molar-refractivity contribution in [2.45, 2.75) is 68.1 Å². The molecule has 2 amide bonds. The van der Waals surface area contributed by atoms with Gasteiger partial charge in [0.1, 0.15) is 17.2 Å². The van der Waals surface area contributed by atoms with Gasteiger partial charge in [-0.05, 0) is 54.5 Å². The summed E-state index contributed by atoms with van der Waals surface area (Å²) < 4.78 is 11.4. The average Bonchev–Trinajstić information content (AvgIpc) is 2.91. The van der Waals surface area contributed by atoms with Crippen molar-refractivity contribution >= 4 is 35.0 Å². The van der Waals surface area contributed by atoms with E-state index in [0.29, 0.717) is 16.7 Å². The Morgan fingerprint density at radius 2 is 1.46 bits per heavy atom. The van der Waals surface area contributed by atoms with Crippen molar-refractivity contribution in [3.8, 4) is 11.9 Å². The third-order valence-electron chi connectivity index (χ3n) is 6.43. The number of imide groups is 1. The zero-order valence-electron chi connectivity index (χ0n) is 27.2. The van der Waals surface area contributed by atoms with E-state index < -0.39 is 46.3 Å². The smallest absolute Gasteiger partial charge is 0.348 e. The van der Waals surface area contributed by atoms with Crippen LogP contribution in [0.2, 0.25) is 0 Å². The first-order valence-electron chi connectivity index (χ1n) is 13.8. The summed E-state index contributed by atoms with van der Waals surface area (Å²) in [5.74, 6) is -3.71. The van der Waals surface area contributed by atoms with Gasteiger partial charge in [-0.1, -0.05) is 16.7 Å². The number of nitriles is 1. The van der Waals surface area contributed by atoms with Crippen LogP contribution < -0.4 is 22.0 Å². The van der Waals surface area contributed by atoms with Gasteiger partial charge < -0.3 is 14.6 Å². The van der Waals surface area contributed by atoms with Crippen LogP contribution in [0.25, 0.3) is 11.2 Å². The SMILES string of the molecule is CC(C)=C1C(=O)OC(C)(C)OC1=O.CC(C)=c1c(=O)n(C)c(=O)n2c(=O)cc(O)nc12.CCN1C(=O)C(C#N)=CC(=C(C)C)C1=O. The largest absolute Gasteiger partial charge is 0.493 e. The molecule has 0 spiro atoms. The minimum absolute atomic E-state index is 0.000625. The lowest BCUT2D eigenvalue weighted by Crippen LogP contribution is -2.48. The molecule has 0 aliphatic carbocycles. The Balaban J connectivity index is 0.000000244. The first-order valence-corrected chi connectivity index (χ1v) is 13.8. The van der Waals surface area contributed by atoms with Gasteiger partial charge in [0.25, 0.3) is 28.7 Å². The molecule has 15 heteroatoms. The van der Waals surface area contributed by atoms with E-state index in [1.165, 1.54) is 27.0 Å². The highest BCUT2D eigenvalue weighted by Crippen LogP contribution is 2.24. The van der Waals surface area contributed by atoms with Gasteiger partial charge in [0.05, 0.1) is 11.3 Å². The lowest BCUT2D eigenvalue weighted by Gasteiger charge is -2.30. The number of fused-ring (bicyclic) bond motifs is 1. The lowest BCUT2D eigenvalue weighted by molar-refractivity contribution is -0.222. The number of esters is 2. The number of carbonyl (C=O) groups excluding carboxylic acids is 4. The molecule has 1 N–H and O–H groups in total.